The first kappa shape index (κ1) is 22.9. The van der Waals surface area contributed by atoms with E-state index in [9.17, 15) is 9.90 Å². The van der Waals surface area contributed by atoms with Gasteiger partial charge in [-0.15, -0.1) is 0 Å². The van der Waals surface area contributed by atoms with Crippen LogP contribution in [-0.2, 0) is 0 Å². The van der Waals surface area contributed by atoms with Gasteiger partial charge < -0.3 is 15.2 Å². The zero-order valence-corrected chi connectivity index (χ0v) is 20.6. The Balaban J connectivity index is 1.36. The van der Waals surface area contributed by atoms with Crippen LogP contribution in [0.15, 0.2) is 30.1 Å². The molecule has 1 aromatic rings. The van der Waals surface area contributed by atoms with E-state index in [-0.39, 0.29) is 28.9 Å². The first-order valence-electron chi connectivity index (χ1n) is 13.0. The van der Waals surface area contributed by atoms with Gasteiger partial charge in [0.2, 0.25) is 0 Å². The smallest absolute Gasteiger partial charge is 0.254 e. The summed E-state index contributed by atoms with van der Waals surface area (Å²) in [6.07, 6.45) is 14.9. The first-order chi connectivity index (χ1) is 15.8. The third-order valence-corrected chi connectivity index (χ3v) is 10.3. The van der Waals surface area contributed by atoms with Crippen molar-refractivity contribution in [2.75, 3.05) is 7.05 Å². The second kappa shape index (κ2) is 8.41. The Morgan fingerprint density at radius 2 is 2.03 bits per heavy atom. The minimum absolute atomic E-state index is 0.0410. The van der Waals surface area contributed by atoms with E-state index in [1.54, 1.807) is 25.5 Å². The van der Waals surface area contributed by atoms with E-state index in [0.717, 1.165) is 37.0 Å². The largest absolute Gasteiger partial charge is 0.488 e. The fourth-order valence-corrected chi connectivity index (χ4v) is 8.53. The SMILES string of the molecule is CNC(=O)c1ccncc1O[C@@H](C)[C@H]1CC[C@H]2[C@@H]3CC=C4C[C@@H](O)CC[C@]4(C)[C@H]3CC[C@]12C. The number of fused-ring (bicyclic) bond motifs is 5. The molecule has 0 saturated heterocycles. The number of nitrogens with zero attached hydrogens (tertiary/aromatic N) is 1. The lowest BCUT2D eigenvalue weighted by atomic mass is 9.47. The van der Waals surface area contributed by atoms with Crippen molar-refractivity contribution in [2.24, 2.45) is 34.5 Å². The van der Waals surface area contributed by atoms with Gasteiger partial charge >= 0.3 is 0 Å². The highest BCUT2D eigenvalue weighted by atomic mass is 16.5. The number of nitrogens with one attached hydrogen (secondary N) is 1. The Kier molecular flexibility index (Phi) is 5.83. The number of amides is 1. The predicted octanol–water partition coefficient (Wildman–Crippen LogP) is 5.15. The van der Waals surface area contributed by atoms with Crippen molar-refractivity contribution >= 4 is 5.91 Å². The lowest BCUT2D eigenvalue weighted by Crippen LogP contribution is -2.51. The molecule has 4 aliphatic carbocycles. The highest BCUT2D eigenvalue weighted by Crippen LogP contribution is 2.66. The average molecular weight is 453 g/mol. The monoisotopic (exact) mass is 452 g/mol. The summed E-state index contributed by atoms with van der Waals surface area (Å²) in [6.45, 7) is 7.19. The van der Waals surface area contributed by atoms with Gasteiger partial charge in [0.25, 0.3) is 5.91 Å². The highest BCUT2D eigenvalue weighted by Gasteiger charge is 2.59. The number of hydrogen-bond donors (Lipinski definition) is 2. The second-order valence-electron chi connectivity index (χ2n) is 11.7. The fourth-order valence-electron chi connectivity index (χ4n) is 8.53. The van der Waals surface area contributed by atoms with Gasteiger partial charge in [0.05, 0.1) is 24.0 Å². The molecule has 1 aromatic heterocycles. The van der Waals surface area contributed by atoms with Crippen LogP contribution in [0.4, 0.5) is 0 Å². The molecule has 5 nitrogen and oxygen atoms in total. The van der Waals surface area contributed by atoms with Crippen molar-refractivity contribution in [1.29, 1.82) is 0 Å². The van der Waals surface area contributed by atoms with Crippen LogP contribution in [0.2, 0.25) is 0 Å². The Hall–Kier alpha value is -1.88. The van der Waals surface area contributed by atoms with Crippen molar-refractivity contribution in [1.82, 2.24) is 10.3 Å². The zero-order valence-electron chi connectivity index (χ0n) is 20.6. The molecule has 2 N–H and O–H groups in total. The summed E-state index contributed by atoms with van der Waals surface area (Å²) in [7, 11) is 1.65. The standard InChI is InChI=1S/C28H40N2O3/c1-17(33-25-16-30-14-11-21(25)26(32)29-4)22-7-8-23-20-6-5-18-15-19(31)9-12-27(18,2)24(20)10-13-28(22,23)3/h5,11,14,16-17,19-20,22-24,31H,6-10,12-13,15H2,1-4H3,(H,29,32)/t17-,19-,20-,22+,23-,24-,27-,28+/m0/s1. The lowest BCUT2D eigenvalue weighted by molar-refractivity contribution is -0.0643. The van der Waals surface area contributed by atoms with E-state index >= 15 is 0 Å². The normalized spacial score (nSPS) is 40.6. The molecule has 3 fully saturated rings. The van der Waals surface area contributed by atoms with Crippen LogP contribution in [0.1, 0.15) is 82.5 Å². The van der Waals surface area contributed by atoms with Crippen LogP contribution in [0.3, 0.4) is 0 Å². The summed E-state index contributed by atoms with van der Waals surface area (Å²) in [6, 6.07) is 1.74. The van der Waals surface area contributed by atoms with E-state index in [0.29, 0.717) is 17.2 Å². The van der Waals surface area contributed by atoms with Gasteiger partial charge in [-0.3, -0.25) is 9.78 Å². The van der Waals surface area contributed by atoms with E-state index in [4.69, 9.17) is 4.74 Å². The molecule has 0 aromatic carbocycles. The summed E-state index contributed by atoms with van der Waals surface area (Å²) >= 11 is 0. The molecule has 4 aliphatic rings. The van der Waals surface area contributed by atoms with Crippen molar-refractivity contribution in [3.8, 4) is 5.75 Å². The molecule has 0 bridgehead atoms. The van der Waals surface area contributed by atoms with Gasteiger partial charge in [-0.1, -0.05) is 25.5 Å². The maximum Gasteiger partial charge on any atom is 0.254 e. The number of rotatable bonds is 4. The Bertz CT molecular complexity index is 945. The second-order valence-corrected chi connectivity index (χ2v) is 11.7. The number of carbonyl (C=O) groups excluding carboxylic acids is 1. The molecular weight excluding hydrogens is 412 g/mol. The molecule has 0 unspecified atom stereocenters. The van der Waals surface area contributed by atoms with E-state index in [1.165, 1.54) is 37.7 Å². The van der Waals surface area contributed by atoms with Crippen molar-refractivity contribution in [2.45, 2.75) is 84.3 Å². The molecule has 5 rings (SSSR count). The van der Waals surface area contributed by atoms with Crippen LogP contribution in [0.25, 0.3) is 0 Å². The molecule has 0 aliphatic heterocycles. The van der Waals surface area contributed by atoms with Gasteiger partial charge in [0, 0.05) is 19.2 Å². The molecule has 0 radical (unpaired) electrons. The van der Waals surface area contributed by atoms with Gasteiger partial charge in [0.15, 0.2) is 5.75 Å². The van der Waals surface area contributed by atoms with Crippen molar-refractivity contribution < 1.29 is 14.6 Å². The maximum atomic E-state index is 12.3. The highest BCUT2D eigenvalue weighted by molar-refractivity contribution is 5.96. The van der Waals surface area contributed by atoms with Crippen LogP contribution in [0, 0.1) is 34.5 Å². The van der Waals surface area contributed by atoms with E-state index < -0.39 is 0 Å². The average Bonchev–Trinajstić information content (AvgIpc) is 3.16. The van der Waals surface area contributed by atoms with Crippen molar-refractivity contribution in [3.63, 3.8) is 0 Å². The Morgan fingerprint density at radius 3 is 2.82 bits per heavy atom. The number of ether oxygens (including phenoxy) is 1. The number of aliphatic hydroxyl groups is 1. The zero-order chi connectivity index (χ0) is 23.4. The Morgan fingerprint density at radius 1 is 1.21 bits per heavy atom. The number of hydrogen-bond acceptors (Lipinski definition) is 4. The minimum atomic E-state index is -0.143. The van der Waals surface area contributed by atoms with Crippen LogP contribution in [-0.4, -0.2) is 35.3 Å². The summed E-state index contributed by atoms with van der Waals surface area (Å²) in [5.74, 6) is 3.14. The molecule has 3 saturated carbocycles. The third-order valence-electron chi connectivity index (χ3n) is 10.3. The Labute approximate surface area is 198 Å². The van der Waals surface area contributed by atoms with Gasteiger partial charge in [0.1, 0.15) is 0 Å². The predicted molar refractivity (Wildman–Crippen MR) is 129 cm³/mol. The number of aromatic nitrogens is 1. The summed E-state index contributed by atoms with van der Waals surface area (Å²) in [4.78, 5) is 16.5. The number of allylic oxidation sites excluding steroid dienone is 1. The number of aliphatic hydroxyl groups excluding tert-OH is 1. The topological polar surface area (TPSA) is 71.5 Å². The van der Waals surface area contributed by atoms with Gasteiger partial charge in [-0.25, -0.2) is 0 Å². The first-order valence-corrected chi connectivity index (χ1v) is 13.0. The quantitative estimate of drug-likeness (QED) is 0.620. The minimum Gasteiger partial charge on any atom is -0.488 e. The molecule has 5 heteroatoms. The molecule has 0 spiro atoms. The number of pyridine rings is 1. The molecule has 1 amide bonds. The molecule has 8 atom stereocenters. The van der Waals surface area contributed by atoms with Crippen LogP contribution >= 0.6 is 0 Å². The van der Waals surface area contributed by atoms with E-state index in [1.807, 2.05) is 0 Å². The molecular formula is C28H40N2O3. The summed E-state index contributed by atoms with van der Waals surface area (Å²) in [5, 5.41) is 13.0. The molecule has 180 valence electrons. The lowest BCUT2D eigenvalue weighted by Gasteiger charge is -2.58. The maximum absolute atomic E-state index is 12.3. The molecule has 1 heterocycles. The molecule has 33 heavy (non-hydrogen) atoms. The van der Waals surface area contributed by atoms with E-state index in [2.05, 4.69) is 37.1 Å². The van der Waals surface area contributed by atoms with Gasteiger partial charge in [-0.2, -0.15) is 0 Å². The summed E-state index contributed by atoms with van der Waals surface area (Å²) < 4.78 is 6.46. The third kappa shape index (κ3) is 3.62. The van der Waals surface area contributed by atoms with Gasteiger partial charge in [-0.05, 0) is 92.9 Å². The van der Waals surface area contributed by atoms with Crippen LogP contribution < -0.4 is 10.1 Å². The van der Waals surface area contributed by atoms with Crippen molar-refractivity contribution in [3.05, 3.63) is 35.7 Å². The van der Waals surface area contributed by atoms with Crippen LogP contribution in [0.5, 0.6) is 5.75 Å². The fraction of sp³-hybridized carbons (Fsp3) is 0.714. The summed E-state index contributed by atoms with van der Waals surface area (Å²) in [5.41, 5.74) is 2.64. The number of carbonyl (C=O) groups is 1.